The fourth-order valence-electron chi connectivity index (χ4n) is 17.4. The molecule has 0 aliphatic heterocycles. The minimum atomic E-state index is 1.12. The van der Waals surface area contributed by atoms with Crippen LogP contribution in [0.5, 0.6) is 0 Å². The van der Waals surface area contributed by atoms with Gasteiger partial charge in [0.2, 0.25) is 0 Å². The molecule has 22 rings (SSSR count). The Balaban J connectivity index is 0.622. The molecule has 6 nitrogen and oxygen atoms in total. The molecule has 8 heteroatoms. The summed E-state index contributed by atoms with van der Waals surface area (Å²) in [6, 6.07) is 129. The molecule has 0 bridgehead atoms. The van der Waals surface area contributed by atoms with Gasteiger partial charge in [-0.25, -0.2) is 0 Å². The van der Waals surface area contributed by atoms with Crippen molar-refractivity contribution in [3.05, 3.63) is 355 Å². The first kappa shape index (κ1) is 60.4. The molecule has 0 radical (unpaired) electrons. The Hall–Kier alpha value is -12.2. The van der Waals surface area contributed by atoms with Crippen LogP contribution in [0.4, 0.5) is 0 Å². The molecule has 6 aromatic heterocycles. The number of hydrogen-bond donors (Lipinski definition) is 0. The maximum atomic E-state index is 2.49. The van der Waals surface area contributed by atoms with E-state index < -0.39 is 0 Å². The second-order valence-corrected chi connectivity index (χ2v) is 30.3. The van der Waals surface area contributed by atoms with Gasteiger partial charge in [0.15, 0.2) is 0 Å². The highest BCUT2D eigenvalue weighted by atomic mass is 127. The number of aryl methyl sites for hydroxylation is 1. The highest BCUT2D eigenvalue weighted by Gasteiger charge is 2.23. The number of nitrogens with zero attached hydrogens (tertiary/aromatic N) is 6. The summed E-state index contributed by atoms with van der Waals surface area (Å²) in [5.41, 5.74) is 30.6. The number of aromatic nitrogens is 6. The third-order valence-corrected chi connectivity index (χ3v) is 23.9. The first-order chi connectivity index (χ1) is 51.8. The summed E-state index contributed by atoms with van der Waals surface area (Å²) in [6.07, 6.45) is 0. The van der Waals surface area contributed by atoms with E-state index in [1.165, 1.54) is 162 Å². The van der Waals surface area contributed by atoms with E-state index in [2.05, 4.69) is 424 Å². The van der Waals surface area contributed by atoms with E-state index in [0.29, 0.717) is 0 Å². The van der Waals surface area contributed by atoms with E-state index in [9.17, 15) is 0 Å². The largest absolute Gasteiger partial charge is 0.309 e. The van der Waals surface area contributed by atoms with Gasteiger partial charge in [0.1, 0.15) is 0 Å². The fourth-order valence-corrected chi connectivity index (χ4v) is 18.6. The second-order valence-electron chi connectivity index (χ2n) is 28.1. The molecule has 0 amide bonds. The molecule has 105 heavy (non-hydrogen) atoms. The minimum Gasteiger partial charge on any atom is -0.309 e. The molecule has 16 aromatic carbocycles. The van der Waals surface area contributed by atoms with Crippen LogP contribution in [0.3, 0.4) is 0 Å². The SMILES string of the molecule is Cc1cccc(-n2c3ccccc3c3ccc(-c4ccc5c(c4)c4ccccc4n5-c4cccc(-c5ccc6c7ccc(-c8ccc9c(c8)c8ccccc8n9-c8cccc(-c9ccc%10c(c9)c9cc%11c(cc9n%10I)c9ccccc9n%11-c9ccccc9)c8)cc7n(-c7ccc(I)cc7)c6c5)c4)cc32)c1. The number of halogens is 2. The maximum absolute atomic E-state index is 2.49. The average molecular weight is 1560 g/mol. The van der Waals surface area contributed by atoms with E-state index >= 15 is 0 Å². The highest BCUT2D eigenvalue weighted by molar-refractivity contribution is 14.1. The minimum absolute atomic E-state index is 1.12. The number of benzene rings is 16. The zero-order chi connectivity index (χ0) is 69.3. The molecule has 0 N–H and O–H groups in total. The predicted molar refractivity (Wildman–Crippen MR) is 460 cm³/mol. The van der Waals surface area contributed by atoms with Crippen molar-refractivity contribution in [2.75, 3.05) is 0 Å². The molecular formula is C97H60I2N6. The molecule has 0 fully saturated rings. The Morgan fingerprint density at radius 1 is 0.181 bits per heavy atom. The second kappa shape index (κ2) is 23.4. The van der Waals surface area contributed by atoms with Crippen molar-refractivity contribution >= 4 is 176 Å². The third kappa shape index (κ3) is 9.32. The highest BCUT2D eigenvalue weighted by Crippen LogP contribution is 2.45. The summed E-state index contributed by atoms with van der Waals surface area (Å²) in [5.74, 6) is 0. The molecule has 22 aromatic rings. The van der Waals surface area contributed by atoms with Crippen molar-refractivity contribution in [3.63, 3.8) is 0 Å². The van der Waals surface area contributed by atoms with Gasteiger partial charge in [-0.05, 0) is 243 Å². The molecule has 0 saturated heterocycles. The van der Waals surface area contributed by atoms with Crippen LogP contribution >= 0.6 is 45.5 Å². The van der Waals surface area contributed by atoms with Gasteiger partial charge >= 0.3 is 0 Å². The fraction of sp³-hybridized carbons (Fsp3) is 0.0103. The standard InChI is InChI=1S/C97H60I2N6/c1-59-16-13-21-71(48-59)104-86-28-9-5-24-74(86)78-42-33-67(56-95(78)104)64-36-46-91-82(52-64)76-26-7-12-31-89(76)103(91)73-23-15-18-61(50-73)65-32-43-79-80-44-34-66(55-94(80)101(93(79)54-65)70-40-38-68(98)39-41-70)63-35-45-90-81(51-63)75-25-6-11-30-88(75)102(90)72-22-14-17-60(49-72)62-37-47-92-83(53-62)85-57-96-84(58-97(85)105(92)99)77-27-8-10-29-87(77)100(96)69-19-3-2-4-20-69/h2-58H,1H3. The van der Waals surface area contributed by atoms with Gasteiger partial charge in [0, 0.05) is 96.6 Å². The molecule has 0 saturated carbocycles. The van der Waals surface area contributed by atoms with Gasteiger partial charge in [-0.2, -0.15) is 0 Å². The average Bonchev–Trinajstić information content (AvgIpc) is 1.56. The maximum Gasteiger partial charge on any atom is 0.0646 e. The lowest BCUT2D eigenvalue weighted by Gasteiger charge is -2.12. The molecular weight excluding hydrogens is 1500 g/mol. The van der Waals surface area contributed by atoms with E-state index in [1.807, 2.05) is 0 Å². The molecule has 0 atom stereocenters. The Morgan fingerprint density at radius 3 is 0.962 bits per heavy atom. The van der Waals surface area contributed by atoms with E-state index in [1.54, 1.807) is 0 Å². The summed E-state index contributed by atoms with van der Waals surface area (Å²) in [4.78, 5) is 0. The summed E-state index contributed by atoms with van der Waals surface area (Å²) in [6.45, 7) is 2.17. The van der Waals surface area contributed by atoms with Crippen LogP contribution in [-0.2, 0) is 0 Å². The first-order valence-corrected chi connectivity index (χ1v) is 37.8. The topological polar surface area (TPSA) is 29.6 Å². The Labute approximate surface area is 631 Å². The van der Waals surface area contributed by atoms with Gasteiger partial charge < -0.3 is 22.8 Å². The van der Waals surface area contributed by atoms with Gasteiger partial charge in [-0.3, -0.25) is 2.78 Å². The molecule has 0 aliphatic carbocycles. The molecule has 6 heterocycles. The summed E-state index contributed by atoms with van der Waals surface area (Å²) in [5, 5.41) is 14.8. The Morgan fingerprint density at radius 2 is 0.476 bits per heavy atom. The van der Waals surface area contributed by atoms with Crippen LogP contribution in [0.2, 0.25) is 0 Å². The van der Waals surface area contributed by atoms with Crippen molar-refractivity contribution < 1.29 is 0 Å². The molecule has 0 aliphatic rings. The normalized spacial score (nSPS) is 12.1. The number of para-hydroxylation sites is 5. The monoisotopic (exact) mass is 1560 g/mol. The lowest BCUT2D eigenvalue weighted by Crippen LogP contribution is -1.95. The lowest BCUT2D eigenvalue weighted by atomic mass is 10.00. The zero-order valence-electron chi connectivity index (χ0n) is 56.8. The quantitative estimate of drug-likeness (QED) is 0.129. The van der Waals surface area contributed by atoms with Gasteiger partial charge in [0.05, 0.1) is 89.1 Å². The molecule has 0 unspecified atom stereocenters. The molecule has 492 valence electrons. The molecule has 0 spiro atoms. The van der Waals surface area contributed by atoms with Gasteiger partial charge in [-0.1, -0.05) is 182 Å². The first-order valence-electron chi connectivity index (χ1n) is 35.7. The van der Waals surface area contributed by atoms with Crippen LogP contribution < -0.4 is 0 Å². The number of hydrogen-bond acceptors (Lipinski definition) is 0. The van der Waals surface area contributed by atoms with Crippen molar-refractivity contribution in [3.8, 4) is 72.9 Å². The van der Waals surface area contributed by atoms with Crippen LogP contribution in [0.15, 0.2) is 346 Å². The van der Waals surface area contributed by atoms with Crippen LogP contribution in [0, 0.1) is 10.5 Å². The smallest absolute Gasteiger partial charge is 0.0646 e. The van der Waals surface area contributed by atoms with E-state index in [4.69, 9.17) is 0 Å². The van der Waals surface area contributed by atoms with Gasteiger partial charge in [0.25, 0.3) is 0 Å². The third-order valence-electron chi connectivity index (χ3n) is 22.2. The number of rotatable bonds is 9. The summed E-state index contributed by atoms with van der Waals surface area (Å²) >= 11 is 4.92. The Kier molecular flexibility index (Phi) is 13.5. The summed E-state index contributed by atoms with van der Waals surface area (Å²) in [7, 11) is 0. The Bertz CT molecular complexity index is 7440. The van der Waals surface area contributed by atoms with Crippen LogP contribution in [0.1, 0.15) is 5.56 Å². The predicted octanol–water partition coefficient (Wildman–Crippen LogP) is 27.1. The van der Waals surface area contributed by atoms with Crippen LogP contribution in [0.25, 0.3) is 204 Å². The van der Waals surface area contributed by atoms with Crippen molar-refractivity contribution in [2.45, 2.75) is 6.92 Å². The van der Waals surface area contributed by atoms with Crippen molar-refractivity contribution in [1.82, 2.24) is 25.6 Å². The van der Waals surface area contributed by atoms with Crippen molar-refractivity contribution in [1.29, 1.82) is 0 Å². The van der Waals surface area contributed by atoms with E-state index in [0.717, 1.165) is 50.5 Å². The zero-order valence-corrected chi connectivity index (χ0v) is 61.2. The number of fused-ring (bicyclic) bond motifs is 18. The van der Waals surface area contributed by atoms with Crippen molar-refractivity contribution in [2.24, 2.45) is 0 Å². The summed E-state index contributed by atoms with van der Waals surface area (Å²) < 4.78 is 15.7. The lowest BCUT2D eigenvalue weighted by molar-refractivity contribution is 1.17. The van der Waals surface area contributed by atoms with Gasteiger partial charge in [-0.15, -0.1) is 0 Å². The van der Waals surface area contributed by atoms with E-state index in [-0.39, 0.29) is 0 Å². The van der Waals surface area contributed by atoms with Crippen LogP contribution in [-0.4, -0.2) is 25.6 Å².